The molecule has 2 aromatic rings. The molecule has 2 rings (SSSR count). The predicted molar refractivity (Wildman–Crippen MR) is 100 cm³/mol. The van der Waals surface area contributed by atoms with Crippen LogP contribution in [0.1, 0.15) is 18.1 Å². The van der Waals surface area contributed by atoms with Crippen LogP contribution in [0.4, 0.5) is 4.39 Å². The zero-order valence-corrected chi connectivity index (χ0v) is 15.6. The fourth-order valence-corrected chi connectivity index (χ4v) is 3.02. The Morgan fingerprint density at radius 2 is 1.88 bits per heavy atom. The van der Waals surface area contributed by atoms with Gasteiger partial charge in [0.2, 0.25) is 10.0 Å². The first-order valence-corrected chi connectivity index (χ1v) is 9.70. The number of benzene rings is 2. The largest absolute Gasteiger partial charge is 0.357 e. The highest BCUT2D eigenvalue weighted by Crippen LogP contribution is 2.11. The number of nitrogens with one attached hydrogen (secondary N) is 1. The third-order valence-corrected chi connectivity index (χ3v) is 4.55. The molecule has 0 saturated heterocycles. The Kier molecular flexibility index (Phi) is 6.70. The average molecular weight is 378 g/mol. The highest BCUT2D eigenvalue weighted by atomic mass is 32.2. The molecule has 0 unspecified atom stereocenters. The smallest absolute Gasteiger partial charge is 0.238 e. The molecule has 0 saturated carbocycles. The third-order valence-electron chi connectivity index (χ3n) is 3.64. The van der Waals surface area contributed by atoms with Gasteiger partial charge in [-0.05, 0) is 42.3 Å². The van der Waals surface area contributed by atoms with Gasteiger partial charge in [-0.15, -0.1) is 0 Å². The molecule has 0 aliphatic rings. The Morgan fingerprint density at radius 1 is 1.19 bits per heavy atom. The first-order valence-electron chi connectivity index (χ1n) is 8.15. The fraction of sp³-hybridized carbons (Fsp3) is 0.278. The second-order valence-corrected chi connectivity index (χ2v) is 7.41. The molecule has 3 N–H and O–H groups in total. The summed E-state index contributed by atoms with van der Waals surface area (Å²) in [7, 11) is -1.89. The van der Waals surface area contributed by atoms with Crippen LogP contribution >= 0.6 is 0 Å². The van der Waals surface area contributed by atoms with Crippen LogP contribution in [0.5, 0.6) is 0 Å². The number of nitrogens with two attached hydrogens (primary N) is 1. The van der Waals surface area contributed by atoms with E-state index in [4.69, 9.17) is 5.14 Å². The Labute approximate surface area is 153 Å². The summed E-state index contributed by atoms with van der Waals surface area (Å²) in [5.74, 6) is 0.357. The third kappa shape index (κ3) is 5.82. The lowest BCUT2D eigenvalue weighted by Crippen LogP contribution is -2.38. The van der Waals surface area contributed by atoms with Crippen molar-refractivity contribution in [3.63, 3.8) is 0 Å². The molecule has 6 nitrogen and oxygen atoms in total. The molecular weight excluding hydrogens is 355 g/mol. The van der Waals surface area contributed by atoms with Gasteiger partial charge in [0, 0.05) is 20.1 Å². The van der Waals surface area contributed by atoms with E-state index in [0.29, 0.717) is 25.6 Å². The Hall–Kier alpha value is -2.45. The van der Waals surface area contributed by atoms with Crippen LogP contribution in [-0.4, -0.2) is 32.9 Å². The van der Waals surface area contributed by atoms with Crippen molar-refractivity contribution in [1.29, 1.82) is 0 Å². The number of guanidine groups is 1. The molecule has 0 radical (unpaired) electrons. The molecule has 8 heteroatoms. The quantitative estimate of drug-likeness (QED) is 0.595. The van der Waals surface area contributed by atoms with Crippen LogP contribution in [0.3, 0.4) is 0 Å². The molecule has 26 heavy (non-hydrogen) atoms. The monoisotopic (exact) mass is 378 g/mol. The summed E-state index contributed by atoms with van der Waals surface area (Å²) in [6.45, 7) is 3.40. The molecule has 2 aromatic carbocycles. The van der Waals surface area contributed by atoms with E-state index < -0.39 is 10.0 Å². The van der Waals surface area contributed by atoms with E-state index >= 15 is 0 Å². The molecule has 0 spiro atoms. The Balaban J connectivity index is 2.15. The summed E-state index contributed by atoms with van der Waals surface area (Å²) < 4.78 is 36.3. The van der Waals surface area contributed by atoms with Gasteiger partial charge in [0.1, 0.15) is 5.82 Å². The zero-order chi connectivity index (χ0) is 19.2. The maximum absolute atomic E-state index is 13.3. The molecule has 0 fully saturated rings. The van der Waals surface area contributed by atoms with E-state index in [9.17, 15) is 12.8 Å². The van der Waals surface area contributed by atoms with Crippen molar-refractivity contribution in [3.05, 3.63) is 65.5 Å². The van der Waals surface area contributed by atoms with E-state index in [0.717, 1.165) is 11.1 Å². The van der Waals surface area contributed by atoms with Gasteiger partial charge in [0.25, 0.3) is 0 Å². The molecule has 0 aliphatic heterocycles. The SMILES string of the molecule is CCNC(=NCc1cccc(S(N)(=O)=O)c1)N(C)Cc1cccc(F)c1. The molecule has 0 heterocycles. The summed E-state index contributed by atoms with van der Waals surface area (Å²) in [6, 6.07) is 12.8. The van der Waals surface area contributed by atoms with Crippen molar-refractivity contribution in [1.82, 2.24) is 10.2 Å². The normalized spacial score (nSPS) is 12.1. The first kappa shape index (κ1) is 19.9. The fourth-order valence-electron chi connectivity index (χ4n) is 2.44. The minimum atomic E-state index is -3.75. The number of aliphatic imine (C=N–C) groups is 1. The van der Waals surface area contributed by atoms with Crippen LogP contribution in [0, 0.1) is 5.82 Å². The van der Waals surface area contributed by atoms with Gasteiger partial charge in [-0.2, -0.15) is 0 Å². The number of halogens is 1. The van der Waals surface area contributed by atoms with E-state index in [1.807, 2.05) is 24.9 Å². The van der Waals surface area contributed by atoms with E-state index in [2.05, 4.69) is 10.3 Å². The molecule has 0 aromatic heterocycles. The highest BCUT2D eigenvalue weighted by Gasteiger charge is 2.09. The summed E-state index contributed by atoms with van der Waals surface area (Å²) >= 11 is 0. The van der Waals surface area contributed by atoms with Gasteiger partial charge in [-0.25, -0.2) is 22.9 Å². The van der Waals surface area contributed by atoms with E-state index in [-0.39, 0.29) is 10.7 Å². The topological polar surface area (TPSA) is 87.8 Å². The van der Waals surface area contributed by atoms with Gasteiger partial charge in [-0.1, -0.05) is 24.3 Å². The first-order chi connectivity index (χ1) is 12.3. The predicted octanol–water partition coefficient (Wildman–Crippen LogP) is 2.07. The molecule has 0 bridgehead atoms. The second kappa shape index (κ2) is 8.77. The molecular formula is C18H23FN4O2S. The van der Waals surface area contributed by atoms with E-state index in [1.54, 1.807) is 18.2 Å². The number of nitrogens with zero attached hydrogens (tertiary/aromatic N) is 2. The average Bonchev–Trinajstić information content (AvgIpc) is 2.58. The standard InChI is InChI=1S/C18H23FN4O2S/c1-3-21-18(23(2)13-15-7-4-8-16(19)10-15)22-12-14-6-5-9-17(11-14)26(20,24)25/h4-11H,3,12-13H2,1-2H3,(H,21,22)(H2,20,24,25). The number of rotatable bonds is 6. The zero-order valence-electron chi connectivity index (χ0n) is 14.8. The van der Waals surface area contributed by atoms with Crippen molar-refractivity contribution < 1.29 is 12.8 Å². The van der Waals surface area contributed by atoms with Crippen molar-refractivity contribution in [2.75, 3.05) is 13.6 Å². The minimum Gasteiger partial charge on any atom is -0.357 e. The molecule has 140 valence electrons. The van der Waals surface area contributed by atoms with Gasteiger partial charge in [-0.3, -0.25) is 0 Å². The lowest BCUT2D eigenvalue weighted by Gasteiger charge is -2.22. The maximum Gasteiger partial charge on any atom is 0.238 e. The van der Waals surface area contributed by atoms with Crippen molar-refractivity contribution in [3.8, 4) is 0 Å². The minimum absolute atomic E-state index is 0.0586. The molecule has 0 atom stereocenters. The van der Waals surface area contributed by atoms with Crippen LogP contribution < -0.4 is 10.5 Å². The maximum atomic E-state index is 13.3. The lowest BCUT2D eigenvalue weighted by molar-refractivity contribution is 0.474. The summed E-state index contributed by atoms with van der Waals surface area (Å²) in [6.07, 6.45) is 0. The van der Waals surface area contributed by atoms with Crippen molar-refractivity contribution in [2.24, 2.45) is 10.1 Å². The van der Waals surface area contributed by atoms with Crippen LogP contribution in [0.25, 0.3) is 0 Å². The number of hydrogen-bond acceptors (Lipinski definition) is 3. The second-order valence-electron chi connectivity index (χ2n) is 5.85. The van der Waals surface area contributed by atoms with Gasteiger partial charge in [0.05, 0.1) is 11.4 Å². The van der Waals surface area contributed by atoms with Crippen LogP contribution in [0.2, 0.25) is 0 Å². The van der Waals surface area contributed by atoms with Crippen LogP contribution in [-0.2, 0) is 23.1 Å². The number of primary sulfonamides is 1. The Morgan fingerprint density at radius 3 is 2.54 bits per heavy atom. The van der Waals surface area contributed by atoms with Gasteiger partial charge in [0.15, 0.2) is 5.96 Å². The van der Waals surface area contributed by atoms with Gasteiger partial charge < -0.3 is 10.2 Å². The molecule has 0 aliphatic carbocycles. The van der Waals surface area contributed by atoms with Crippen molar-refractivity contribution in [2.45, 2.75) is 24.9 Å². The number of sulfonamides is 1. The lowest BCUT2D eigenvalue weighted by atomic mass is 10.2. The van der Waals surface area contributed by atoms with Crippen LogP contribution in [0.15, 0.2) is 58.4 Å². The highest BCUT2D eigenvalue weighted by molar-refractivity contribution is 7.89. The summed E-state index contributed by atoms with van der Waals surface area (Å²) in [4.78, 5) is 6.46. The number of hydrogen-bond donors (Lipinski definition) is 2. The Bertz CT molecular complexity index is 884. The summed E-state index contributed by atoms with van der Waals surface area (Å²) in [5, 5.41) is 8.33. The van der Waals surface area contributed by atoms with Crippen molar-refractivity contribution >= 4 is 16.0 Å². The van der Waals surface area contributed by atoms with Gasteiger partial charge >= 0.3 is 0 Å². The summed E-state index contributed by atoms with van der Waals surface area (Å²) in [5.41, 5.74) is 1.56. The van der Waals surface area contributed by atoms with E-state index in [1.165, 1.54) is 24.3 Å². The molecule has 0 amide bonds.